The molecular weight excluding hydrogens is 248 g/mol. The molecule has 106 valence electrons. The molecule has 0 bridgehead atoms. The van der Waals surface area contributed by atoms with Crippen molar-refractivity contribution in [2.75, 3.05) is 0 Å². The highest BCUT2D eigenvalue weighted by atomic mass is 16.1. The van der Waals surface area contributed by atoms with Gasteiger partial charge in [0.05, 0.1) is 6.07 Å². The van der Waals surface area contributed by atoms with Crippen LogP contribution in [0, 0.1) is 25.2 Å². The Morgan fingerprint density at radius 2 is 1.65 bits per heavy atom. The number of carbonyl (C=O) groups is 1. The van der Waals surface area contributed by atoms with Gasteiger partial charge in [-0.05, 0) is 38.8 Å². The van der Waals surface area contributed by atoms with Crippen LogP contribution >= 0.6 is 0 Å². The summed E-state index contributed by atoms with van der Waals surface area (Å²) in [6.07, 6.45) is 5.87. The van der Waals surface area contributed by atoms with Gasteiger partial charge in [0.25, 0.3) is 5.91 Å². The van der Waals surface area contributed by atoms with Crippen molar-refractivity contribution in [3.05, 3.63) is 34.9 Å². The van der Waals surface area contributed by atoms with Crippen molar-refractivity contribution in [3.8, 4) is 6.07 Å². The predicted molar refractivity (Wildman–Crippen MR) is 79.4 cm³/mol. The number of nitriles is 1. The van der Waals surface area contributed by atoms with Gasteiger partial charge in [-0.15, -0.1) is 0 Å². The van der Waals surface area contributed by atoms with Crippen LogP contribution in [0.2, 0.25) is 0 Å². The van der Waals surface area contributed by atoms with Gasteiger partial charge in [-0.2, -0.15) is 5.26 Å². The molecule has 1 amide bonds. The maximum Gasteiger partial charge on any atom is 0.252 e. The number of rotatable bonds is 2. The Labute approximate surface area is 121 Å². The Bertz CT molecular complexity index is 514. The fourth-order valence-electron chi connectivity index (χ4n) is 2.99. The van der Waals surface area contributed by atoms with E-state index in [9.17, 15) is 10.1 Å². The normalized spacial score (nSPS) is 17.9. The summed E-state index contributed by atoms with van der Waals surface area (Å²) in [5, 5.41) is 12.5. The van der Waals surface area contributed by atoms with Crippen molar-refractivity contribution in [2.45, 2.75) is 57.9 Å². The minimum atomic E-state index is -0.675. The molecular formula is C17H22N2O. The highest BCUT2D eigenvalue weighted by Crippen LogP contribution is 2.27. The van der Waals surface area contributed by atoms with Crippen LogP contribution in [0.25, 0.3) is 0 Å². The SMILES string of the molecule is Cc1cc(C)cc(C(=O)NC2(C#N)CCCCCC2)c1. The van der Waals surface area contributed by atoms with E-state index in [4.69, 9.17) is 0 Å². The molecule has 1 fully saturated rings. The molecule has 1 aliphatic rings. The van der Waals surface area contributed by atoms with Crippen LogP contribution in [0.1, 0.15) is 60.0 Å². The van der Waals surface area contributed by atoms with Crippen LogP contribution in [0.4, 0.5) is 0 Å². The molecule has 3 heteroatoms. The molecule has 1 aliphatic carbocycles. The van der Waals surface area contributed by atoms with Crippen molar-refractivity contribution in [1.29, 1.82) is 5.26 Å². The van der Waals surface area contributed by atoms with E-state index in [1.54, 1.807) is 0 Å². The second-order valence-corrected chi connectivity index (χ2v) is 5.94. The van der Waals surface area contributed by atoms with Crippen LogP contribution in [0.3, 0.4) is 0 Å². The molecule has 0 spiro atoms. The summed E-state index contributed by atoms with van der Waals surface area (Å²) in [6.45, 7) is 3.96. The van der Waals surface area contributed by atoms with Gasteiger partial charge >= 0.3 is 0 Å². The van der Waals surface area contributed by atoms with Crippen LogP contribution in [-0.4, -0.2) is 11.4 Å². The van der Waals surface area contributed by atoms with E-state index in [1.807, 2.05) is 32.0 Å². The van der Waals surface area contributed by atoms with Crippen LogP contribution < -0.4 is 5.32 Å². The number of nitrogens with zero attached hydrogens (tertiary/aromatic N) is 1. The highest BCUT2D eigenvalue weighted by Gasteiger charge is 2.32. The lowest BCUT2D eigenvalue weighted by molar-refractivity contribution is 0.0912. The molecule has 1 N–H and O–H groups in total. The summed E-state index contributed by atoms with van der Waals surface area (Å²) >= 11 is 0. The van der Waals surface area contributed by atoms with Gasteiger partial charge in [-0.1, -0.05) is 42.9 Å². The highest BCUT2D eigenvalue weighted by molar-refractivity contribution is 5.95. The van der Waals surface area contributed by atoms with Crippen LogP contribution in [0.5, 0.6) is 0 Å². The number of benzene rings is 1. The second kappa shape index (κ2) is 6.09. The zero-order valence-corrected chi connectivity index (χ0v) is 12.3. The number of hydrogen-bond acceptors (Lipinski definition) is 2. The fraction of sp³-hybridized carbons (Fsp3) is 0.529. The van der Waals surface area contributed by atoms with E-state index >= 15 is 0 Å². The Balaban J connectivity index is 2.18. The average Bonchev–Trinajstić information content (AvgIpc) is 2.64. The van der Waals surface area contributed by atoms with Crippen LogP contribution in [0.15, 0.2) is 18.2 Å². The lowest BCUT2D eigenvalue weighted by atomic mass is 9.91. The summed E-state index contributed by atoms with van der Waals surface area (Å²) in [4.78, 5) is 12.4. The predicted octanol–water partition coefficient (Wildman–Crippen LogP) is 3.65. The topological polar surface area (TPSA) is 52.9 Å². The number of carbonyl (C=O) groups excluding carboxylic acids is 1. The number of amides is 1. The average molecular weight is 270 g/mol. The molecule has 1 aromatic rings. The first-order valence-corrected chi connectivity index (χ1v) is 7.37. The molecule has 1 saturated carbocycles. The molecule has 0 radical (unpaired) electrons. The summed E-state index contributed by atoms with van der Waals surface area (Å²) < 4.78 is 0. The molecule has 0 atom stereocenters. The Kier molecular flexibility index (Phi) is 4.44. The molecule has 0 saturated heterocycles. The lowest BCUT2D eigenvalue weighted by Gasteiger charge is -2.26. The number of nitrogens with one attached hydrogen (secondary N) is 1. The Morgan fingerprint density at radius 3 is 2.15 bits per heavy atom. The summed E-state index contributed by atoms with van der Waals surface area (Å²) in [5.41, 5.74) is 2.12. The van der Waals surface area contributed by atoms with Crippen molar-refractivity contribution >= 4 is 5.91 Å². The van der Waals surface area contributed by atoms with Gasteiger partial charge in [0.15, 0.2) is 0 Å². The standard InChI is InChI=1S/C17H22N2O/c1-13-9-14(2)11-15(10-13)16(20)19-17(12-18)7-5-3-4-6-8-17/h9-11H,3-8H2,1-2H3,(H,19,20). The smallest absolute Gasteiger partial charge is 0.252 e. The van der Waals surface area contributed by atoms with E-state index in [-0.39, 0.29) is 5.91 Å². The largest absolute Gasteiger partial charge is 0.334 e. The third-order valence-electron chi connectivity index (χ3n) is 4.01. The summed E-state index contributed by atoms with van der Waals surface area (Å²) in [5.74, 6) is -0.125. The maximum atomic E-state index is 12.4. The Morgan fingerprint density at radius 1 is 1.10 bits per heavy atom. The van der Waals surface area contributed by atoms with Gasteiger partial charge in [-0.3, -0.25) is 4.79 Å². The van der Waals surface area contributed by atoms with Crippen molar-refractivity contribution < 1.29 is 4.79 Å². The first-order chi connectivity index (χ1) is 9.54. The Hall–Kier alpha value is -1.82. The first kappa shape index (κ1) is 14.6. The maximum absolute atomic E-state index is 12.4. The van der Waals surface area contributed by atoms with Gasteiger partial charge in [-0.25, -0.2) is 0 Å². The number of hydrogen-bond donors (Lipinski definition) is 1. The minimum Gasteiger partial charge on any atom is -0.334 e. The van der Waals surface area contributed by atoms with E-state index < -0.39 is 5.54 Å². The first-order valence-electron chi connectivity index (χ1n) is 7.37. The summed E-state index contributed by atoms with van der Waals surface area (Å²) in [6, 6.07) is 8.16. The molecule has 0 aromatic heterocycles. The third-order valence-corrected chi connectivity index (χ3v) is 4.01. The molecule has 0 aliphatic heterocycles. The molecule has 2 rings (SSSR count). The van der Waals surface area contributed by atoms with E-state index in [1.165, 1.54) is 0 Å². The van der Waals surface area contributed by atoms with Gasteiger partial charge in [0, 0.05) is 5.56 Å². The minimum absolute atomic E-state index is 0.125. The molecule has 20 heavy (non-hydrogen) atoms. The van der Waals surface area contributed by atoms with Crippen molar-refractivity contribution in [2.24, 2.45) is 0 Å². The monoisotopic (exact) mass is 270 g/mol. The molecule has 0 heterocycles. The van der Waals surface area contributed by atoms with E-state index in [0.29, 0.717) is 5.56 Å². The van der Waals surface area contributed by atoms with Crippen molar-refractivity contribution in [3.63, 3.8) is 0 Å². The zero-order valence-electron chi connectivity index (χ0n) is 12.3. The van der Waals surface area contributed by atoms with Crippen molar-refractivity contribution in [1.82, 2.24) is 5.32 Å². The number of aryl methyl sites for hydroxylation is 2. The summed E-state index contributed by atoms with van der Waals surface area (Å²) in [7, 11) is 0. The van der Waals surface area contributed by atoms with E-state index in [2.05, 4.69) is 11.4 Å². The van der Waals surface area contributed by atoms with Crippen LogP contribution in [-0.2, 0) is 0 Å². The van der Waals surface area contributed by atoms with Gasteiger partial charge in [0.2, 0.25) is 0 Å². The van der Waals surface area contributed by atoms with Gasteiger partial charge in [0.1, 0.15) is 5.54 Å². The lowest BCUT2D eigenvalue weighted by Crippen LogP contribution is -2.47. The molecule has 0 unspecified atom stereocenters. The van der Waals surface area contributed by atoms with Gasteiger partial charge < -0.3 is 5.32 Å². The second-order valence-electron chi connectivity index (χ2n) is 5.94. The zero-order chi connectivity index (χ0) is 14.6. The quantitative estimate of drug-likeness (QED) is 0.834. The molecule has 1 aromatic carbocycles. The molecule has 3 nitrogen and oxygen atoms in total. The fourth-order valence-corrected chi connectivity index (χ4v) is 2.99. The third kappa shape index (κ3) is 3.39. The van der Waals surface area contributed by atoms with E-state index in [0.717, 1.165) is 49.7 Å².